The molecule has 1 aliphatic heterocycles. The monoisotopic (exact) mass is 386 g/mol. The minimum atomic E-state index is 0.365. The summed E-state index contributed by atoms with van der Waals surface area (Å²) < 4.78 is 4.54. The summed E-state index contributed by atoms with van der Waals surface area (Å²) in [7, 11) is 2.06. The molecule has 1 aromatic rings. The Kier molecular flexibility index (Phi) is 16.8. The van der Waals surface area contributed by atoms with Crippen LogP contribution in [0.5, 0.6) is 0 Å². The highest BCUT2D eigenvalue weighted by molar-refractivity contribution is 5.37. The Morgan fingerprint density at radius 1 is 1.29 bits per heavy atom. The van der Waals surface area contributed by atoms with Gasteiger partial charge in [0.1, 0.15) is 6.61 Å². The maximum Gasteiger partial charge on any atom is 0.293 e. The second-order valence-electron chi connectivity index (χ2n) is 6.52. The highest BCUT2D eigenvalue weighted by Crippen LogP contribution is 2.08. The number of piperidine rings is 1. The van der Waals surface area contributed by atoms with Crippen LogP contribution in [0.2, 0.25) is 0 Å². The molecule has 4 nitrogen and oxygen atoms in total. The summed E-state index contributed by atoms with van der Waals surface area (Å²) in [5.74, 6) is 0. The minimum absolute atomic E-state index is 0.365. The fourth-order valence-electron chi connectivity index (χ4n) is 2.56. The molecule has 1 heterocycles. The molecule has 0 spiro atoms. The van der Waals surface area contributed by atoms with Crippen LogP contribution in [-0.2, 0) is 16.1 Å². The van der Waals surface area contributed by atoms with E-state index in [1.807, 2.05) is 49.4 Å². The van der Waals surface area contributed by atoms with Crippen molar-refractivity contribution in [2.75, 3.05) is 26.7 Å². The van der Waals surface area contributed by atoms with Gasteiger partial charge in [0.25, 0.3) is 6.47 Å². The zero-order valence-electron chi connectivity index (χ0n) is 18.1. The predicted molar refractivity (Wildman–Crippen MR) is 120 cm³/mol. The molecule has 0 radical (unpaired) electrons. The van der Waals surface area contributed by atoms with Crippen LogP contribution >= 0.6 is 0 Å². The quantitative estimate of drug-likeness (QED) is 0.543. The minimum Gasteiger partial charge on any atom is -0.463 e. The second kappa shape index (κ2) is 18.2. The number of nitrogens with zero attached hydrogens (tertiary/aromatic N) is 1. The number of hydrogen-bond donors (Lipinski definition) is 1. The average Bonchev–Trinajstić information content (AvgIpc) is 2.77. The lowest BCUT2D eigenvalue weighted by Crippen LogP contribution is -2.40. The van der Waals surface area contributed by atoms with Crippen molar-refractivity contribution in [2.24, 2.45) is 0 Å². The van der Waals surface area contributed by atoms with Gasteiger partial charge in [0, 0.05) is 6.04 Å². The number of carbonyl (C=O) groups excluding carboxylic acids is 1. The summed E-state index contributed by atoms with van der Waals surface area (Å²) in [4.78, 5) is 12.3. The summed E-state index contributed by atoms with van der Waals surface area (Å²) in [6.07, 6.45) is 10.4. The molecule has 28 heavy (non-hydrogen) atoms. The molecule has 0 aliphatic carbocycles. The third-order valence-corrected chi connectivity index (χ3v) is 4.55. The van der Waals surface area contributed by atoms with E-state index in [0.717, 1.165) is 11.6 Å². The van der Waals surface area contributed by atoms with Gasteiger partial charge in [0.05, 0.1) is 0 Å². The zero-order valence-corrected chi connectivity index (χ0v) is 18.1. The van der Waals surface area contributed by atoms with Gasteiger partial charge in [-0.05, 0) is 58.9 Å². The first kappa shape index (κ1) is 25.8. The first-order valence-corrected chi connectivity index (χ1v) is 10.0. The molecule has 0 unspecified atom stereocenters. The first-order valence-electron chi connectivity index (χ1n) is 10.0. The van der Waals surface area contributed by atoms with Gasteiger partial charge in [-0.15, -0.1) is 0 Å². The topological polar surface area (TPSA) is 41.6 Å². The molecule has 0 saturated carbocycles. The van der Waals surface area contributed by atoms with Gasteiger partial charge in [0.2, 0.25) is 0 Å². The highest BCUT2D eigenvalue weighted by atomic mass is 16.5. The Morgan fingerprint density at radius 3 is 2.39 bits per heavy atom. The Balaban J connectivity index is 0.000000394. The number of rotatable bonds is 7. The highest BCUT2D eigenvalue weighted by Gasteiger charge is 2.15. The van der Waals surface area contributed by atoms with Crippen LogP contribution in [0.1, 0.15) is 39.2 Å². The van der Waals surface area contributed by atoms with Gasteiger partial charge in [-0.3, -0.25) is 4.79 Å². The molecule has 0 bridgehead atoms. The van der Waals surface area contributed by atoms with E-state index in [1.165, 1.54) is 38.0 Å². The molecular formula is C24H38N2O2. The van der Waals surface area contributed by atoms with Crippen LogP contribution < -0.4 is 5.32 Å². The average molecular weight is 387 g/mol. The van der Waals surface area contributed by atoms with Crippen molar-refractivity contribution in [1.82, 2.24) is 10.2 Å². The van der Waals surface area contributed by atoms with Crippen molar-refractivity contribution in [3.8, 4) is 0 Å². The molecule has 0 amide bonds. The number of allylic oxidation sites excluding steroid dienone is 5. The van der Waals surface area contributed by atoms with Crippen molar-refractivity contribution in [2.45, 2.75) is 46.3 Å². The summed E-state index contributed by atoms with van der Waals surface area (Å²) in [6, 6.07) is 10.3. The van der Waals surface area contributed by atoms with E-state index < -0.39 is 0 Å². The molecule has 1 saturated heterocycles. The fraction of sp³-hybridized carbons (Fsp3) is 0.458. The lowest BCUT2D eigenvalue weighted by atomic mass is 10.1. The first-order chi connectivity index (χ1) is 13.6. The molecule has 2 rings (SSSR count). The Morgan fingerprint density at radius 2 is 1.93 bits per heavy atom. The summed E-state index contributed by atoms with van der Waals surface area (Å²) in [5, 5.41) is 3.32. The van der Waals surface area contributed by atoms with Crippen LogP contribution in [0.15, 0.2) is 66.8 Å². The number of hydrogen-bond acceptors (Lipinski definition) is 4. The third-order valence-electron chi connectivity index (χ3n) is 4.55. The number of carbonyl (C=O) groups is 1. The van der Waals surface area contributed by atoms with Crippen LogP contribution in [0, 0.1) is 0 Å². The molecule has 1 aromatic carbocycles. The summed E-state index contributed by atoms with van der Waals surface area (Å²) in [6.45, 7) is 14.5. The van der Waals surface area contributed by atoms with E-state index in [9.17, 15) is 4.79 Å². The standard InChI is InChI=1S/C8H18N2.C8H8O2.C8H12/c1-3-10-6-4-8(9-2)5-7-10;9-7-10-6-8-4-2-1-3-5-8;1-4-6-7-8(3)5-2/h8-9H,3-7H2,1-2H3;1-5,7H,6H2;4-7H,1H2,2-3H3/b;;7-6-,8-5-. The zero-order chi connectivity index (χ0) is 21.0. The van der Waals surface area contributed by atoms with E-state index in [-0.39, 0.29) is 0 Å². The molecule has 156 valence electrons. The Bertz CT molecular complexity index is 547. The van der Waals surface area contributed by atoms with Crippen molar-refractivity contribution < 1.29 is 9.53 Å². The molecule has 0 aromatic heterocycles. The van der Waals surface area contributed by atoms with Crippen LogP contribution in [0.3, 0.4) is 0 Å². The number of benzene rings is 1. The smallest absolute Gasteiger partial charge is 0.293 e. The SMILES string of the molecule is C=C/C=C\C(C)=C/C.CCN1CCC(NC)CC1.O=COCc1ccccc1. The van der Waals surface area contributed by atoms with E-state index in [2.05, 4.69) is 48.5 Å². The summed E-state index contributed by atoms with van der Waals surface area (Å²) in [5.41, 5.74) is 2.28. The van der Waals surface area contributed by atoms with Gasteiger partial charge in [-0.1, -0.05) is 73.7 Å². The normalized spacial score (nSPS) is 15.1. The molecule has 4 heteroatoms. The van der Waals surface area contributed by atoms with E-state index in [4.69, 9.17) is 0 Å². The molecule has 1 fully saturated rings. The van der Waals surface area contributed by atoms with Gasteiger partial charge in [0.15, 0.2) is 0 Å². The summed E-state index contributed by atoms with van der Waals surface area (Å²) >= 11 is 0. The van der Waals surface area contributed by atoms with Crippen molar-refractivity contribution >= 4 is 6.47 Å². The van der Waals surface area contributed by atoms with Crippen LogP contribution in [-0.4, -0.2) is 44.1 Å². The maximum absolute atomic E-state index is 9.76. The third kappa shape index (κ3) is 14.0. The fourth-order valence-corrected chi connectivity index (χ4v) is 2.56. The second-order valence-corrected chi connectivity index (χ2v) is 6.52. The van der Waals surface area contributed by atoms with Crippen LogP contribution in [0.25, 0.3) is 0 Å². The van der Waals surface area contributed by atoms with Gasteiger partial charge < -0.3 is 15.0 Å². The Labute approximate surface area is 172 Å². The van der Waals surface area contributed by atoms with Crippen molar-refractivity contribution in [1.29, 1.82) is 0 Å². The predicted octanol–water partition coefficient (Wildman–Crippen LogP) is 4.74. The maximum atomic E-state index is 9.76. The molecule has 1 N–H and O–H groups in total. The number of nitrogens with one attached hydrogen (secondary N) is 1. The largest absolute Gasteiger partial charge is 0.463 e. The Hall–Kier alpha value is -2.17. The van der Waals surface area contributed by atoms with E-state index in [0.29, 0.717) is 13.1 Å². The van der Waals surface area contributed by atoms with Crippen molar-refractivity contribution in [3.63, 3.8) is 0 Å². The van der Waals surface area contributed by atoms with E-state index in [1.54, 1.807) is 6.08 Å². The van der Waals surface area contributed by atoms with Gasteiger partial charge in [-0.2, -0.15) is 0 Å². The van der Waals surface area contributed by atoms with Gasteiger partial charge >= 0.3 is 0 Å². The molecule has 0 atom stereocenters. The number of likely N-dealkylation sites (tertiary alicyclic amines) is 1. The number of ether oxygens (including phenoxy) is 1. The lowest BCUT2D eigenvalue weighted by molar-refractivity contribution is -0.129. The van der Waals surface area contributed by atoms with Gasteiger partial charge in [-0.25, -0.2) is 0 Å². The lowest BCUT2D eigenvalue weighted by Gasteiger charge is -2.30. The van der Waals surface area contributed by atoms with Crippen molar-refractivity contribution in [3.05, 3.63) is 72.4 Å². The molecule has 1 aliphatic rings. The van der Waals surface area contributed by atoms with E-state index >= 15 is 0 Å². The van der Waals surface area contributed by atoms with Crippen LogP contribution in [0.4, 0.5) is 0 Å². The molecular weight excluding hydrogens is 348 g/mol.